The summed E-state index contributed by atoms with van der Waals surface area (Å²) in [6.07, 6.45) is 1.94. The van der Waals surface area contributed by atoms with E-state index >= 15 is 0 Å². The van der Waals surface area contributed by atoms with Crippen molar-refractivity contribution in [3.05, 3.63) is 114 Å². The molecule has 7 rings (SSSR count). The van der Waals surface area contributed by atoms with Crippen molar-refractivity contribution in [2.75, 3.05) is 16.5 Å². The highest BCUT2D eigenvalue weighted by atomic mass is 16.5. The highest BCUT2D eigenvalue weighted by molar-refractivity contribution is 6.10. The SMILES string of the molecule is CC(C)(C)c1ccnc(-n2c3cc(Oc4cccc(N5CN(C(C)(C)C)c6ccccc65)c4)ccc3c3cccc(C(C)(C)C)c32)c1. The number of para-hydroxylation sites is 3. The predicted molar refractivity (Wildman–Crippen MR) is 198 cm³/mol. The lowest BCUT2D eigenvalue weighted by Crippen LogP contribution is -2.42. The van der Waals surface area contributed by atoms with Gasteiger partial charge in [0.1, 0.15) is 17.3 Å². The second-order valence-corrected chi connectivity index (χ2v) is 15.9. The van der Waals surface area contributed by atoms with Crippen molar-refractivity contribution >= 4 is 38.9 Å². The summed E-state index contributed by atoms with van der Waals surface area (Å²) >= 11 is 0. The molecule has 0 atom stereocenters. The highest BCUT2D eigenvalue weighted by Gasteiger charge is 2.33. The number of fused-ring (bicyclic) bond motifs is 4. The Labute approximate surface area is 279 Å². The third kappa shape index (κ3) is 5.52. The lowest BCUT2D eigenvalue weighted by Gasteiger charge is -2.34. The fourth-order valence-corrected chi connectivity index (χ4v) is 6.82. The van der Waals surface area contributed by atoms with Gasteiger partial charge in [-0.15, -0.1) is 0 Å². The molecule has 0 aliphatic carbocycles. The Morgan fingerprint density at radius 2 is 1.36 bits per heavy atom. The number of ether oxygens (including phenoxy) is 1. The zero-order valence-corrected chi connectivity index (χ0v) is 29.2. The van der Waals surface area contributed by atoms with Crippen molar-refractivity contribution in [1.82, 2.24) is 9.55 Å². The lowest BCUT2D eigenvalue weighted by molar-refractivity contribution is 0.483. The van der Waals surface area contributed by atoms with Gasteiger partial charge >= 0.3 is 0 Å². The van der Waals surface area contributed by atoms with Crippen molar-refractivity contribution in [3.63, 3.8) is 0 Å². The first-order valence-corrected chi connectivity index (χ1v) is 16.7. The summed E-state index contributed by atoms with van der Waals surface area (Å²) in [5.74, 6) is 2.52. The van der Waals surface area contributed by atoms with Crippen LogP contribution < -0.4 is 14.5 Å². The average molecular weight is 623 g/mol. The van der Waals surface area contributed by atoms with Crippen LogP contribution in [0.4, 0.5) is 17.1 Å². The number of pyridine rings is 1. The summed E-state index contributed by atoms with van der Waals surface area (Å²) < 4.78 is 9.00. The summed E-state index contributed by atoms with van der Waals surface area (Å²) in [6, 6.07) is 34.6. The summed E-state index contributed by atoms with van der Waals surface area (Å²) in [4.78, 5) is 9.77. The molecule has 0 amide bonds. The highest BCUT2D eigenvalue weighted by Crippen LogP contribution is 2.45. The fraction of sp³-hybridized carbons (Fsp3) is 0.310. The Hall–Kier alpha value is -4.77. The molecule has 0 saturated carbocycles. The molecule has 47 heavy (non-hydrogen) atoms. The van der Waals surface area contributed by atoms with E-state index in [1.807, 2.05) is 12.3 Å². The first-order valence-electron chi connectivity index (χ1n) is 16.7. The van der Waals surface area contributed by atoms with Crippen molar-refractivity contribution in [2.45, 2.75) is 78.7 Å². The first-order chi connectivity index (χ1) is 22.2. The Morgan fingerprint density at radius 3 is 2.09 bits per heavy atom. The largest absolute Gasteiger partial charge is 0.457 e. The lowest BCUT2D eigenvalue weighted by atomic mass is 9.85. The van der Waals surface area contributed by atoms with Gasteiger partial charge in [0.25, 0.3) is 0 Å². The van der Waals surface area contributed by atoms with Gasteiger partial charge in [0.15, 0.2) is 0 Å². The van der Waals surface area contributed by atoms with E-state index in [9.17, 15) is 0 Å². The van der Waals surface area contributed by atoms with E-state index in [4.69, 9.17) is 9.72 Å². The maximum atomic E-state index is 6.66. The molecular weight excluding hydrogens is 576 g/mol. The number of rotatable bonds is 4. The molecule has 1 aliphatic rings. The van der Waals surface area contributed by atoms with Crippen LogP contribution >= 0.6 is 0 Å². The topological polar surface area (TPSA) is 33.5 Å². The van der Waals surface area contributed by atoms with Crippen LogP contribution in [0.5, 0.6) is 11.5 Å². The predicted octanol–water partition coefficient (Wildman–Crippen LogP) is 11.3. The van der Waals surface area contributed by atoms with Crippen molar-refractivity contribution in [3.8, 4) is 17.3 Å². The smallest absolute Gasteiger partial charge is 0.137 e. The summed E-state index contributed by atoms with van der Waals surface area (Å²) in [6.45, 7) is 21.2. The van der Waals surface area contributed by atoms with E-state index in [2.05, 4.69) is 168 Å². The number of aromatic nitrogens is 2. The van der Waals surface area contributed by atoms with Crippen LogP contribution in [0.15, 0.2) is 103 Å². The number of nitrogens with zero attached hydrogens (tertiary/aromatic N) is 4. The van der Waals surface area contributed by atoms with Crippen LogP contribution in [0, 0.1) is 0 Å². The maximum Gasteiger partial charge on any atom is 0.137 e. The number of benzene rings is 4. The third-order valence-electron chi connectivity index (χ3n) is 9.33. The maximum absolute atomic E-state index is 6.66. The molecule has 5 heteroatoms. The molecule has 0 saturated heterocycles. The second kappa shape index (κ2) is 10.9. The van der Waals surface area contributed by atoms with Crippen LogP contribution in [0.2, 0.25) is 0 Å². The van der Waals surface area contributed by atoms with Gasteiger partial charge in [0, 0.05) is 40.3 Å². The minimum atomic E-state index is -0.0518. The van der Waals surface area contributed by atoms with Crippen LogP contribution in [0.1, 0.15) is 73.4 Å². The Bertz CT molecular complexity index is 2120. The zero-order chi connectivity index (χ0) is 33.3. The van der Waals surface area contributed by atoms with Gasteiger partial charge in [0.2, 0.25) is 0 Å². The average Bonchev–Trinajstić information content (AvgIpc) is 3.57. The molecule has 0 bridgehead atoms. The molecule has 0 unspecified atom stereocenters. The van der Waals surface area contributed by atoms with Crippen LogP contribution in [0.3, 0.4) is 0 Å². The Balaban J connectivity index is 1.33. The van der Waals surface area contributed by atoms with E-state index in [1.54, 1.807) is 0 Å². The molecular formula is C42H46N4O. The standard InChI is InChI=1S/C42H46N4O/c1-40(2,3)28-22-23-43-38(24-28)46-37-26-31(20-21-32(37)33-16-13-17-34(39(33)46)41(4,5)6)47-30-15-12-14-29(25-30)44-27-45(42(7,8)9)36-19-11-10-18-35(36)44/h10-26H,27H2,1-9H3. The van der Waals surface area contributed by atoms with E-state index in [0.717, 1.165) is 35.2 Å². The Kier molecular flexibility index (Phi) is 7.16. The van der Waals surface area contributed by atoms with Crippen LogP contribution in [-0.4, -0.2) is 21.8 Å². The normalized spacial score (nSPS) is 13.9. The number of anilines is 3. The van der Waals surface area contributed by atoms with Gasteiger partial charge in [0.05, 0.1) is 29.1 Å². The molecule has 0 N–H and O–H groups in total. The van der Waals surface area contributed by atoms with E-state index in [-0.39, 0.29) is 16.4 Å². The van der Waals surface area contributed by atoms with Crippen LogP contribution in [-0.2, 0) is 10.8 Å². The van der Waals surface area contributed by atoms with E-state index in [0.29, 0.717) is 0 Å². The number of hydrogen-bond donors (Lipinski definition) is 0. The second-order valence-electron chi connectivity index (χ2n) is 15.9. The molecule has 2 aromatic heterocycles. The fourth-order valence-electron chi connectivity index (χ4n) is 6.82. The van der Waals surface area contributed by atoms with Crippen LogP contribution in [0.25, 0.3) is 27.6 Å². The van der Waals surface area contributed by atoms with Crippen molar-refractivity contribution in [2.24, 2.45) is 0 Å². The van der Waals surface area contributed by atoms with E-state index < -0.39 is 0 Å². The molecule has 0 spiro atoms. The van der Waals surface area contributed by atoms with Gasteiger partial charge in [-0.2, -0.15) is 0 Å². The molecule has 4 aromatic carbocycles. The number of hydrogen-bond acceptors (Lipinski definition) is 4. The Morgan fingerprint density at radius 1 is 0.638 bits per heavy atom. The summed E-state index contributed by atoms with van der Waals surface area (Å²) in [5, 5.41) is 2.41. The van der Waals surface area contributed by atoms with Gasteiger partial charge < -0.3 is 14.5 Å². The molecule has 240 valence electrons. The summed E-state index contributed by atoms with van der Waals surface area (Å²) in [7, 11) is 0. The molecule has 3 heterocycles. The first kappa shape index (κ1) is 30.9. The third-order valence-corrected chi connectivity index (χ3v) is 9.33. The van der Waals surface area contributed by atoms with Gasteiger partial charge in [-0.1, -0.05) is 77.9 Å². The van der Waals surface area contributed by atoms with Gasteiger partial charge in [-0.05, 0) is 91.3 Å². The molecule has 0 fully saturated rings. The van der Waals surface area contributed by atoms with Crippen molar-refractivity contribution in [1.29, 1.82) is 0 Å². The molecule has 0 radical (unpaired) electrons. The quantitative estimate of drug-likeness (QED) is 0.196. The minimum absolute atomic E-state index is 0.000935. The zero-order valence-electron chi connectivity index (χ0n) is 29.2. The molecule has 6 aromatic rings. The van der Waals surface area contributed by atoms with Crippen molar-refractivity contribution < 1.29 is 4.74 Å². The monoisotopic (exact) mass is 622 g/mol. The van der Waals surface area contributed by atoms with Gasteiger partial charge in [-0.25, -0.2) is 4.98 Å². The summed E-state index contributed by atoms with van der Waals surface area (Å²) in [5.41, 5.74) is 8.35. The molecule has 1 aliphatic heterocycles. The van der Waals surface area contributed by atoms with Gasteiger partial charge in [-0.3, -0.25) is 4.57 Å². The minimum Gasteiger partial charge on any atom is -0.457 e. The molecule has 5 nitrogen and oxygen atoms in total. The van der Waals surface area contributed by atoms with E-state index in [1.165, 1.54) is 38.8 Å².